The first-order chi connectivity index (χ1) is 12.1. The molecule has 0 atom stereocenters. The van der Waals surface area contributed by atoms with Crippen LogP contribution in [0.4, 0.5) is 11.6 Å². The number of hydrogen-bond donors (Lipinski definition) is 1. The summed E-state index contributed by atoms with van der Waals surface area (Å²) in [6, 6.07) is 12.8. The van der Waals surface area contributed by atoms with E-state index in [2.05, 4.69) is 25.7 Å². The number of aromatic nitrogens is 3. The Morgan fingerprint density at radius 1 is 1.16 bits per heavy atom. The minimum Gasteiger partial charge on any atom is -0.872 e. The van der Waals surface area contributed by atoms with Crippen molar-refractivity contribution in [2.45, 2.75) is 0 Å². The highest BCUT2D eigenvalue weighted by Gasteiger charge is 2.06. The first kappa shape index (κ1) is 16.0. The first-order valence-corrected chi connectivity index (χ1v) is 7.13. The minimum absolute atomic E-state index is 0.0777. The number of anilines is 1. The Morgan fingerprint density at radius 3 is 2.72 bits per heavy atom. The lowest BCUT2D eigenvalue weighted by atomic mass is 10.2. The molecule has 1 heterocycles. The fraction of sp³-hybridized carbons (Fsp3) is 0. The molecule has 0 amide bonds. The molecule has 1 aromatic heterocycles. The van der Waals surface area contributed by atoms with Gasteiger partial charge in [0.2, 0.25) is 0 Å². The van der Waals surface area contributed by atoms with Gasteiger partial charge >= 0.3 is 0 Å². The molecule has 25 heavy (non-hydrogen) atoms. The third-order valence-electron chi connectivity index (χ3n) is 3.20. The fourth-order valence-corrected chi connectivity index (χ4v) is 2.01. The van der Waals surface area contributed by atoms with Crippen LogP contribution in [-0.4, -0.2) is 26.3 Å². The number of rotatable bonds is 5. The van der Waals surface area contributed by atoms with Gasteiger partial charge < -0.3 is 5.11 Å². The maximum Gasteiger partial charge on any atom is 0.270 e. The number of non-ortho nitro benzene ring substituents is 1. The Balaban J connectivity index is 1.77. The number of nitrogens with zero attached hydrogens (tertiary/aromatic N) is 5. The molecule has 3 rings (SSSR count). The number of hydrazone groups is 1. The minimum atomic E-state index is -0.583. The molecule has 0 aliphatic carbocycles. The van der Waals surface area contributed by atoms with Gasteiger partial charge in [0.1, 0.15) is 0 Å². The molecule has 0 saturated carbocycles. The van der Waals surface area contributed by atoms with Crippen LogP contribution in [0.5, 0.6) is 5.75 Å². The normalized spacial score (nSPS) is 10.7. The van der Waals surface area contributed by atoms with E-state index in [9.17, 15) is 15.2 Å². The number of benzene rings is 2. The van der Waals surface area contributed by atoms with Crippen LogP contribution < -0.4 is 10.5 Å². The Kier molecular flexibility index (Phi) is 4.56. The molecule has 0 aliphatic rings. The zero-order chi connectivity index (χ0) is 17.6. The van der Waals surface area contributed by atoms with Gasteiger partial charge in [-0.2, -0.15) is 10.2 Å². The molecular formula is C16H11N6O3-. The Hall–Kier alpha value is -3.88. The molecule has 0 unspecified atom stereocenters. The second-order valence-corrected chi connectivity index (χ2v) is 4.88. The van der Waals surface area contributed by atoms with E-state index in [4.69, 9.17) is 0 Å². The monoisotopic (exact) mass is 335 g/mol. The fourth-order valence-electron chi connectivity index (χ4n) is 2.01. The summed E-state index contributed by atoms with van der Waals surface area (Å²) in [6.07, 6.45) is 2.69. The molecule has 0 aliphatic heterocycles. The predicted octanol–water partition coefficient (Wildman–Crippen LogP) is 1.97. The zero-order valence-electron chi connectivity index (χ0n) is 12.7. The summed E-state index contributed by atoms with van der Waals surface area (Å²) in [5.41, 5.74) is 3.91. The number of hydrogen-bond acceptors (Lipinski definition) is 8. The van der Waals surface area contributed by atoms with E-state index in [-0.39, 0.29) is 22.9 Å². The average molecular weight is 335 g/mol. The molecule has 124 valence electrons. The van der Waals surface area contributed by atoms with Crippen molar-refractivity contribution in [1.82, 2.24) is 15.2 Å². The van der Waals surface area contributed by atoms with Gasteiger partial charge in [-0.05, 0) is 5.56 Å². The van der Waals surface area contributed by atoms with Gasteiger partial charge in [-0.25, -0.2) is 10.4 Å². The molecule has 0 saturated heterocycles. The van der Waals surface area contributed by atoms with E-state index in [1.807, 2.05) is 30.3 Å². The van der Waals surface area contributed by atoms with Gasteiger partial charge in [0.05, 0.1) is 23.0 Å². The SMILES string of the molecule is O=[N+]([O-])c1ccc([O-])c(/C=N\Nc2nncc(-c3ccccc3)n2)c1. The zero-order valence-corrected chi connectivity index (χ0v) is 12.7. The standard InChI is InChI=1S/C16H12N6O3/c23-15-7-6-13(22(24)25)8-12(15)9-17-20-16-19-14(10-18-21-16)11-4-2-1-3-5-11/h1-10,23H,(H,19,20,21)/p-1/b17-9-. The Labute approximate surface area is 141 Å². The van der Waals surface area contributed by atoms with E-state index in [1.54, 1.807) is 0 Å². The predicted molar refractivity (Wildman–Crippen MR) is 89.0 cm³/mol. The quantitative estimate of drug-likeness (QED) is 0.428. The summed E-state index contributed by atoms with van der Waals surface area (Å²) in [5.74, 6) is -0.247. The van der Waals surface area contributed by atoms with Crippen LogP contribution >= 0.6 is 0 Å². The average Bonchev–Trinajstić information content (AvgIpc) is 2.64. The maximum atomic E-state index is 11.7. The number of nitro benzene ring substituents is 1. The van der Waals surface area contributed by atoms with Crippen LogP contribution in [-0.2, 0) is 0 Å². The molecule has 1 N–H and O–H groups in total. The van der Waals surface area contributed by atoms with Crippen molar-refractivity contribution in [3.63, 3.8) is 0 Å². The molecule has 3 aromatic rings. The summed E-state index contributed by atoms with van der Waals surface area (Å²) >= 11 is 0. The van der Waals surface area contributed by atoms with Crippen LogP contribution in [0.25, 0.3) is 11.3 Å². The largest absolute Gasteiger partial charge is 0.872 e. The second kappa shape index (κ2) is 7.13. The molecule has 2 aromatic carbocycles. The highest BCUT2D eigenvalue weighted by molar-refractivity contribution is 5.84. The second-order valence-electron chi connectivity index (χ2n) is 4.88. The molecule has 9 heteroatoms. The molecule has 0 bridgehead atoms. The van der Waals surface area contributed by atoms with Crippen molar-refractivity contribution in [3.05, 3.63) is 70.4 Å². The van der Waals surface area contributed by atoms with E-state index in [1.165, 1.54) is 12.4 Å². The molecule has 0 radical (unpaired) electrons. The van der Waals surface area contributed by atoms with Gasteiger partial charge in [0, 0.05) is 17.7 Å². The van der Waals surface area contributed by atoms with Crippen molar-refractivity contribution < 1.29 is 10.0 Å². The molecule has 9 nitrogen and oxygen atoms in total. The van der Waals surface area contributed by atoms with E-state index >= 15 is 0 Å². The van der Waals surface area contributed by atoms with Gasteiger partial charge in [-0.3, -0.25) is 10.1 Å². The van der Waals surface area contributed by atoms with E-state index in [0.717, 1.165) is 23.8 Å². The Bertz CT molecular complexity index is 930. The lowest BCUT2D eigenvalue weighted by molar-refractivity contribution is -0.385. The topological polar surface area (TPSA) is 129 Å². The first-order valence-electron chi connectivity index (χ1n) is 7.13. The maximum absolute atomic E-state index is 11.7. The Morgan fingerprint density at radius 2 is 1.96 bits per heavy atom. The summed E-state index contributed by atoms with van der Waals surface area (Å²) in [5, 5.41) is 33.9. The van der Waals surface area contributed by atoms with Crippen molar-refractivity contribution in [1.29, 1.82) is 0 Å². The van der Waals surface area contributed by atoms with Crippen molar-refractivity contribution >= 4 is 17.9 Å². The van der Waals surface area contributed by atoms with Crippen LogP contribution in [0.15, 0.2) is 59.8 Å². The smallest absolute Gasteiger partial charge is 0.270 e. The van der Waals surface area contributed by atoms with Gasteiger partial charge in [-0.1, -0.05) is 42.1 Å². The number of nitro groups is 1. The van der Waals surface area contributed by atoms with Crippen LogP contribution in [0.1, 0.15) is 5.56 Å². The van der Waals surface area contributed by atoms with Crippen molar-refractivity contribution in [2.75, 3.05) is 5.43 Å². The lowest BCUT2D eigenvalue weighted by Crippen LogP contribution is -2.02. The van der Waals surface area contributed by atoms with Crippen LogP contribution in [0, 0.1) is 10.1 Å². The summed E-state index contributed by atoms with van der Waals surface area (Å²) in [4.78, 5) is 14.4. The third kappa shape index (κ3) is 3.91. The van der Waals surface area contributed by atoms with Crippen LogP contribution in [0.3, 0.4) is 0 Å². The number of nitrogens with one attached hydrogen (secondary N) is 1. The molecule has 0 fully saturated rings. The summed E-state index contributed by atoms with van der Waals surface area (Å²) in [6.45, 7) is 0. The van der Waals surface area contributed by atoms with Crippen molar-refractivity contribution in [2.24, 2.45) is 5.10 Å². The van der Waals surface area contributed by atoms with Crippen LogP contribution in [0.2, 0.25) is 0 Å². The van der Waals surface area contributed by atoms with E-state index in [0.29, 0.717) is 5.69 Å². The molecule has 0 spiro atoms. The third-order valence-corrected chi connectivity index (χ3v) is 3.20. The summed E-state index contributed by atoms with van der Waals surface area (Å²) < 4.78 is 0. The highest BCUT2D eigenvalue weighted by atomic mass is 16.6. The van der Waals surface area contributed by atoms with E-state index < -0.39 is 4.92 Å². The van der Waals surface area contributed by atoms with Gasteiger partial charge in [0.15, 0.2) is 0 Å². The molecular weight excluding hydrogens is 324 g/mol. The summed E-state index contributed by atoms with van der Waals surface area (Å²) in [7, 11) is 0. The van der Waals surface area contributed by atoms with Gasteiger partial charge in [0.25, 0.3) is 11.6 Å². The van der Waals surface area contributed by atoms with Gasteiger partial charge in [-0.15, -0.1) is 5.10 Å². The highest BCUT2D eigenvalue weighted by Crippen LogP contribution is 2.19. The lowest BCUT2D eigenvalue weighted by Gasteiger charge is -2.08. The van der Waals surface area contributed by atoms with Crippen molar-refractivity contribution in [3.8, 4) is 17.0 Å².